The molecule has 20 heavy (non-hydrogen) atoms. The van der Waals surface area contributed by atoms with Crippen molar-refractivity contribution in [2.45, 2.75) is 51.4 Å². The van der Waals surface area contributed by atoms with Gasteiger partial charge in [0, 0.05) is 13.5 Å². The molecule has 1 N–H and O–H groups in total. The van der Waals surface area contributed by atoms with Crippen molar-refractivity contribution in [2.24, 2.45) is 0 Å². The summed E-state index contributed by atoms with van der Waals surface area (Å²) in [5.74, 6) is 1.75. The minimum atomic E-state index is 0.0689. The Labute approximate surface area is 120 Å². The maximum absolute atomic E-state index is 11.0. The van der Waals surface area contributed by atoms with E-state index in [9.17, 15) is 4.79 Å². The van der Waals surface area contributed by atoms with Crippen molar-refractivity contribution in [2.75, 3.05) is 13.2 Å². The van der Waals surface area contributed by atoms with Gasteiger partial charge in [-0.1, -0.05) is 6.07 Å². The van der Waals surface area contributed by atoms with E-state index >= 15 is 0 Å². The zero-order chi connectivity index (χ0) is 13.9. The predicted octanol–water partition coefficient (Wildman–Crippen LogP) is 2.96. The Morgan fingerprint density at radius 1 is 1.35 bits per heavy atom. The summed E-state index contributed by atoms with van der Waals surface area (Å²) in [5.41, 5.74) is 4.49. The average molecular weight is 273 g/mol. The lowest BCUT2D eigenvalue weighted by molar-refractivity contribution is -0.118. The van der Waals surface area contributed by atoms with Crippen molar-refractivity contribution < 1.29 is 9.53 Å². The SMILES string of the molecule is CC(=O)NCC[C@@H]1CCCc2ccc3c(c21)CCCO3. The summed E-state index contributed by atoms with van der Waals surface area (Å²) in [5, 5.41) is 2.93. The summed E-state index contributed by atoms with van der Waals surface area (Å²) in [6.45, 7) is 3.22. The van der Waals surface area contributed by atoms with Gasteiger partial charge < -0.3 is 10.1 Å². The molecule has 1 aliphatic heterocycles. The van der Waals surface area contributed by atoms with Crippen LogP contribution in [0.3, 0.4) is 0 Å². The monoisotopic (exact) mass is 273 g/mol. The van der Waals surface area contributed by atoms with Gasteiger partial charge in [-0.2, -0.15) is 0 Å². The van der Waals surface area contributed by atoms with Gasteiger partial charge in [0.15, 0.2) is 0 Å². The summed E-state index contributed by atoms with van der Waals surface area (Å²) in [7, 11) is 0. The van der Waals surface area contributed by atoms with Gasteiger partial charge in [-0.05, 0) is 67.2 Å². The van der Waals surface area contributed by atoms with Crippen LogP contribution in [0, 0.1) is 0 Å². The molecule has 3 nitrogen and oxygen atoms in total. The highest BCUT2D eigenvalue weighted by atomic mass is 16.5. The molecule has 0 saturated carbocycles. The number of carbonyl (C=O) groups is 1. The van der Waals surface area contributed by atoms with Crippen molar-refractivity contribution in [3.8, 4) is 5.75 Å². The van der Waals surface area contributed by atoms with Crippen molar-refractivity contribution in [3.05, 3.63) is 28.8 Å². The van der Waals surface area contributed by atoms with Gasteiger partial charge in [0.2, 0.25) is 5.91 Å². The number of carbonyl (C=O) groups excluding carboxylic acids is 1. The third kappa shape index (κ3) is 2.67. The maximum Gasteiger partial charge on any atom is 0.216 e. The molecule has 108 valence electrons. The van der Waals surface area contributed by atoms with E-state index in [1.54, 1.807) is 12.5 Å². The molecule has 1 aromatic rings. The van der Waals surface area contributed by atoms with Crippen LogP contribution in [-0.2, 0) is 17.6 Å². The molecule has 1 heterocycles. The highest BCUT2D eigenvalue weighted by molar-refractivity contribution is 5.72. The number of fused-ring (bicyclic) bond motifs is 3. The molecule has 0 radical (unpaired) electrons. The van der Waals surface area contributed by atoms with E-state index in [1.165, 1.54) is 30.4 Å². The summed E-state index contributed by atoms with van der Waals surface area (Å²) in [4.78, 5) is 11.0. The summed E-state index contributed by atoms with van der Waals surface area (Å²) < 4.78 is 5.81. The maximum atomic E-state index is 11.0. The van der Waals surface area contributed by atoms with Crippen LogP contribution in [0.1, 0.15) is 55.2 Å². The first-order valence-electron chi connectivity index (χ1n) is 7.77. The summed E-state index contributed by atoms with van der Waals surface area (Å²) in [6, 6.07) is 4.41. The van der Waals surface area contributed by atoms with Crippen molar-refractivity contribution >= 4 is 5.91 Å². The van der Waals surface area contributed by atoms with Crippen molar-refractivity contribution in [1.29, 1.82) is 0 Å². The number of rotatable bonds is 3. The van der Waals surface area contributed by atoms with Gasteiger partial charge in [-0.3, -0.25) is 4.79 Å². The van der Waals surface area contributed by atoms with Crippen LogP contribution < -0.4 is 10.1 Å². The second-order valence-electron chi connectivity index (χ2n) is 5.93. The zero-order valence-electron chi connectivity index (χ0n) is 12.2. The van der Waals surface area contributed by atoms with E-state index in [-0.39, 0.29) is 5.91 Å². The topological polar surface area (TPSA) is 38.3 Å². The number of hydrogen-bond acceptors (Lipinski definition) is 2. The molecule has 1 aliphatic carbocycles. The minimum absolute atomic E-state index is 0.0689. The number of hydrogen-bond donors (Lipinski definition) is 1. The molecule has 3 heteroatoms. The van der Waals surface area contributed by atoms with Gasteiger partial charge in [-0.15, -0.1) is 0 Å². The van der Waals surface area contributed by atoms with E-state index in [0.717, 1.165) is 38.2 Å². The van der Waals surface area contributed by atoms with Gasteiger partial charge in [0.1, 0.15) is 5.75 Å². The first-order valence-corrected chi connectivity index (χ1v) is 7.77. The lowest BCUT2D eigenvalue weighted by Crippen LogP contribution is -2.24. The second kappa shape index (κ2) is 5.86. The third-order valence-electron chi connectivity index (χ3n) is 4.51. The molecule has 0 unspecified atom stereocenters. The molecule has 0 fully saturated rings. The number of ether oxygens (including phenoxy) is 1. The molecule has 0 bridgehead atoms. The summed E-state index contributed by atoms with van der Waals surface area (Å²) >= 11 is 0. The van der Waals surface area contributed by atoms with Crippen molar-refractivity contribution in [3.63, 3.8) is 0 Å². The Morgan fingerprint density at radius 3 is 3.10 bits per heavy atom. The number of amides is 1. The fraction of sp³-hybridized carbons (Fsp3) is 0.588. The first kappa shape index (κ1) is 13.5. The van der Waals surface area contributed by atoms with Gasteiger partial charge >= 0.3 is 0 Å². The Hall–Kier alpha value is -1.51. The fourth-order valence-electron chi connectivity index (χ4n) is 3.64. The molecule has 0 aromatic heterocycles. The van der Waals surface area contributed by atoms with Crippen LogP contribution >= 0.6 is 0 Å². The number of aryl methyl sites for hydroxylation is 1. The minimum Gasteiger partial charge on any atom is -0.493 e. The van der Waals surface area contributed by atoms with Crippen molar-refractivity contribution in [1.82, 2.24) is 5.32 Å². The van der Waals surface area contributed by atoms with Crippen LogP contribution in [0.5, 0.6) is 5.75 Å². The predicted molar refractivity (Wildman–Crippen MR) is 79.2 cm³/mol. The van der Waals surface area contributed by atoms with E-state index in [1.807, 2.05) is 0 Å². The largest absolute Gasteiger partial charge is 0.493 e. The lowest BCUT2D eigenvalue weighted by Gasteiger charge is -2.31. The van der Waals surface area contributed by atoms with E-state index in [0.29, 0.717) is 5.92 Å². The van der Waals surface area contributed by atoms with Crippen LogP contribution in [-0.4, -0.2) is 19.1 Å². The summed E-state index contributed by atoms with van der Waals surface area (Å²) in [6.07, 6.45) is 7.01. The lowest BCUT2D eigenvalue weighted by atomic mass is 9.77. The average Bonchev–Trinajstić information content (AvgIpc) is 2.46. The molecule has 0 spiro atoms. The molecule has 3 rings (SSSR count). The molecule has 1 atom stereocenters. The smallest absolute Gasteiger partial charge is 0.216 e. The Bertz CT molecular complexity index is 510. The molecule has 1 amide bonds. The van der Waals surface area contributed by atoms with Crippen LogP contribution in [0.15, 0.2) is 12.1 Å². The normalized spacial score (nSPS) is 20.6. The number of benzene rings is 1. The molecule has 0 saturated heterocycles. The number of nitrogens with one attached hydrogen (secondary N) is 1. The molecule has 1 aromatic carbocycles. The standard InChI is InChI=1S/C17H23NO2/c1-12(19)18-10-9-14-5-2-4-13-7-8-16-15(17(13)14)6-3-11-20-16/h7-8,14H,2-6,9-11H2,1H3,(H,18,19)/t14-/m0/s1. The van der Waals surface area contributed by atoms with Crippen LogP contribution in [0.25, 0.3) is 0 Å². The van der Waals surface area contributed by atoms with Crippen LogP contribution in [0.4, 0.5) is 0 Å². The zero-order valence-corrected chi connectivity index (χ0v) is 12.2. The van der Waals surface area contributed by atoms with E-state index < -0.39 is 0 Å². The van der Waals surface area contributed by atoms with Gasteiger partial charge in [0.25, 0.3) is 0 Å². The first-order chi connectivity index (χ1) is 9.75. The van der Waals surface area contributed by atoms with Gasteiger partial charge in [0.05, 0.1) is 6.61 Å². The van der Waals surface area contributed by atoms with E-state index in [2.05, 4.69) is 17.4 Å². The fourth-order valence-corrected chi connectivity index (χ4v) is 3.64. The molecular weight excluding hydrogens is 250 g/mol. The molecular formula is C17H23NO2. The quantitative estimate of drug-likeness (QED) is 0.919. The highest BCUT2D eigenvalue weighted by Crippen LogP contribution is 2.41. The third-order valence-corrected chi connectivity index (χ3v) is 4.51. The van der Waals surface area contributed by atoms with Gasteiger partial charge in [-0.25, -0.2) is 0 Å². The van der Waals surface area contributed by atoms with Crippen LogP contribution in [0.2, 0.25) is 0 Å². The Kier molecular flexibility index (Phi) is 3.95. The molecule has 2 aliphatic rings. The Balaban J connectivity index is 1.84. The highest BCUT2D eigenvalue weighted by Gasteiger charge is 2.26. The second-order valence-corrected chi connectivity index (χ2v) is 5.93. The Morgan fingerprint density at radius 2 is 2.25 bits per heavy atom. The van der Waals surface area contributed by atoms with E-state index in [4.69, 9.17) is 4.74 Å².